The van der Waals surface area contributed by atoms with Crippen molar-refractivity contribution in [2.45, 2.75) is 79.4 Å². The van der Waals surface area contributed by atoms with Crippen LogP contribution in [0, 0.1) is 17.3 Å². The zero-order valence-corrected chi connectivity index (χ0v) is 36.6. The summed E-state index contributed by atoms with van der Waals surface area (Å²) >= 11 is 6.58. The second kappa shape index (κ2) is 18.2. The number of piperazine rings is 1. The van der Waals surface area contributed by atoms with Crippen LogP contribution in [0.25, 0.3) is 22.4 Å². The first kappa shape index (κ1) is 45.7. The van der Waals surface area contributed by atoms with E-state index in [2.05, 4.69) is 35.2 Å². The Morgan fingerprint density at radius 3 is 2.23 bits per heavy atom. The number of H-pyrrole nitrogens is 1. The Bertz CT molecular complexity index is 2280. The molecule has 2 aliphatic heterocycles. The number of carbonyl (C=O) groups is 4. The Hall–Kier alpha value is -5.84. The highest BCUT2D eigenvalue weighted by Gasteiger charge is 2.40. The van der Waals surface area contributed by atoms with E-state index in [0.717, 1.165) is 6.07 Å². The molecule has 4 unspecified atom stereocenters. The van der Waals surface area contributed by atoms with Crippen LogP contribution in [-0.4, -0.2) is 100 Å². The van der Waals surface area contributed by atoms with Crippen LogP contribution in [-0.2, 0) is 14.3 Å². The van der Waals surface area contributed by atoms with Gasteiger partial charge in [0.1, 0.15) is 23.4 Å². The molecule has 2 aromatic carbocycles. The van der Waals surface area contributed by atoms with Crippen LogP contribution in [0.5, 0.6) is 5.75 Å². The van der Waals surface area contributed by atoms with Crippen LogP contribution in [0.3, 0.4) is 0 Å². The molecule has 0 aliphatic carbocycles. The van der Waals surface area contributed by atoms with Gasteiger partial charge in [-0.15, -0.1) is 13.2 Å². The van der Waals surface area contributed by atoms with E-state index in [9.17, 15) is 32.3 Å². The summed E-state index contributed by atoms with van der Waals surface area (Å²) in [4.78, 5) is 70.0. The summed E-state index contributed by atoms with van der Waals surface area (Å²) in [7, 11) is 1.24. The van der Waals surface area contributed by atoms with Crippen molar-refractivity contribution >= 4 is 46.9 Å². The smallest absolute Gasteiger partial charge is 0.453 e. The molecule has 332 valence electrons. The van der Waals surface area contributed by atoms with Gasteiger partial charge in [-0.3, -0.25) is 14.4 Å². The Morgan fingerprint density at radius 2 is 1.63 bits per heavy atom. The summed E-state index contributed by atoms with van der Waals surface area (Å²) in [6.45, 7) is 15.5. The highest BCUT2D eigenvalue weighted by atomic mass is 35.5. The number of alkyl carbamates (subject to hydrolysis) is 1. The molecule has 0 radical (unpaired) electrons. The van der Waals surface area contributed by atoms with Crippen molar-refractivity contribution in [1.29, 1.82) is 0 Å². The van der Waals surface area contributed by atoms with Crippen molar-refractivity contribution in [3.05, 3.63) is 77.3 Å². The van der Waals surface area contributed by atoms with Crippen molar-refractivity contribution < 1.29 is 41.8 Å². The maximum atomic E-state index is 13.8. The Kier molecular flexibility index (Phi) is 13.4. The number of likely N-dealkylation sites (tertiary alicyclic amines) is 1. The first-order chi connectivity index (χ1) is 29.1. The molecule has 2 aromatic heterocycles. The third kappa shape index (κ3) is 10.4. The molecule has 62 heavy (non-hydrogen) atoms. The summed E-state index contributed by atoms with van der Waals surface area (Å²) in [6, 6.07) is 10.9. The third-order valence-corrected chi connectivity index (χ3v) is 11.3. The number of rotatable bonds is 10. The molecule has 18 heteroatoms. The van der Waals surface area contributed by atoms with Crippen molar-refractivity contribution in [3.63, 3.8) is 0 Å². The van der Waals surface area contributed by atoms with E-state index in [1.165, 1.54) is 19.4 Å². The number of ether oxygens (including phenoxy) is 2. The fourth-order valence-corrected chi connectivity index (χ4v) is 8.11. The molecule has 4 amide bonds. The number of hydrogen-bond acceptors (Lipinski definition) is 9. The number of nitrogens with one attached hydrogen (secondary N) is 3. The van der Waals surface area contributed by atoms with E-state index in [1.54, 1.807) is 47.5 Å². The predicted octanol–water partition coefficient (Wildman–Crippen LogP) is 8.32. The summed E-state index contributed by atoms with van der Waals surface area (Å²) in [5.74, 6) is -0.410. The lowest BCUT2D eigenvalue weighted by atomic mass is 9.94. The van der Waals surface area contributed by atoms with E-state index in [1.807, 2.05) is 53.4 Å². The molecule has 2 saturated heterocycles. The van der Waals surface area contributed by atoms with Crippen LogP contribution in [0.2, 0.25) is 5.02 Å². The fraction of sp³-hybridized carbons (Fsp3) is 0.455. The Morgan fingerprint density at radius 1 is 0.935 bits per heavy atom. The maximum absolute atomic E-state index is 13.8. The lowest BCUT2D eigenvalue weighted by Gasteiger charge is -2.42. The van der Waals surface area contributed by atoms with Gasteiger partial charge in [-0.1, -0.05) is 77.4 Å². The minimum absolute atomic E-state index is 0.000436. The molecule has 4 aromatic rings. The third-order valence-electron chi connectivity index (χ3n) is 11.0. The van der Waals surface area contributed by atoms with Gasteiger partial charge in [-0.25, -0.2) is 14.8 Å². The number of methoxy groups -OCH3 is 1. The zero-order chi connectivity index (χ0) is 45.3. The monoisotopic (exact) mass is 880 g/mol. The topological polar surface area (TPSA) is 162 Å². The Labute approximate surface area is 363 Å². The van der Waals surface area contributed by atoms with Crippen LogP contribution >= 0.6 is 11.6 Å². The molecular formula is C44H52ClF3N8O6. The van der Waals surface area contributed by atoms with Crippen molar-refractivity contribution in [3.8, 4) is 28.1 Å². The highest BCUT2D eigenvalue weighted by molar-refractivity contribution is 6.35. The molecule has 4 atom stereocenters. The number of aromatic nitrogens is 3. The van der Waals surface area contributed by atoms with Gasteiger partial charge in [0.15, 0.2) is 0 Å². The predicted molar refractivity (Wildman–Crippen MR) is 229 cm³/mol. The summed E-state index contributed by atoms with van der Waals surface area (Å²) < 4.78 is 50.5. The first-order valence-electron chi connectivity index (χ1n) is 20.4. The van der Waals surface area contributed by atoms with E-state index < -0.39 is 35.6 Å². The van der Waals surface area contributed by atoms with Crippen molar-refractivity contribution in [2.75, 3.05) is 43.5 Å². The average molecular weight is 881 g/mol. The van der Waals surface area contributed by atoms with Crippen molar-refractivity contribution in [2.24, 2.45) is 17.3 Å². The second-order valence-corrected chi connectivity index (χ2v) is 17.7. The first-order valence-corrected chi connectivity index (χ1v) is 20.7. The summed E-state index contributed by atoms with van der Waals surface area (Å²) in [5, 5.41) is 5.19. The van der Waals surface area contributed by atoms with E-state index in [4.69, 9.17) is 16.3 Å². The van der Waals surface area contributed by atoms with Gasteiger partial charge in [0.25, 0.3) is 5.91 Å². The SMILES string of the molecule is COC(=O)NC(C(=O)N1CC(C)CC1c1ncc(-c2ccc(-c3cc(Cl)c(C(=O)Nc4ccc(N5CCN(C(=O)C(C)(C)C)CC5C)nc4)cc3OC(F)(F)F)cc2)[nH]1)C(C)C. The number of imidazole rings is 1. The van der Waals surface area contributed by atoms with E-state index in [-0.39, 0.29) is 51.9 Å². The van der Waals surface area contributed by atoms with E-state index in [0.29, 0.717) is 66.8 Å². The number of aromatic amines is 1. The molecule has 2 fully saturated rings. The number of alkyl halides is 3. The van der Waals surface area contributed by atoms with Gasteiger partial charge < -0.3 is 39.8 Å². The van der Waals surface area contributed by atoms with Crippen LogP contribution in [0.4, 0.5) is 29.5 Å². The molecule has 4 heterocycles. The minimum atomic E-state index is -5.08. The van der Waals surface area contributed by atoms with Gasteiger partial charge in [-0.05, 0) is 60.6 Å². The van der Waals surface area contributed by atoms with Gasteiger partial charge >= 0.3 is 12.5 Å². The molecule has 0 bridgehead atoms. The van der Waals surface area contributed by atoms with Gasteiger partial charge in [-0.2, -0.15) is 0 Å². The second-order valence-electron chi connectivity index (χ2n) is 17.2. The maximum Gasteiger partial charge on any atom is 0.573 e. The number of carbonyl (C=O) groups excluding carboxylic acids is 4. The molecular weight excluding hydrogens is 829 g/mol. The molecule has 2 aliphatic rings. The normalized spacial score (nSPS) is 18.7. The Balaban J connectivity index is 1.17. The quantitative estimate of drug-likeness (QED) is 0.142. The fourth-order valence-electron chi connectivity index (χ4n) is 7.86. The van der Waals surface area contributed by atoms with Crippen LogP contribution < -0.4 is 20.3 Å². The number of anilines is 2. The van der Waals surface area contributed by atoms with Crippen LogP contribution in [0.15, 0.2) is 60.9 Å². The number of hydrogen-bond donors (Lipinski definition) is 3. The number of pyridine rings is 1. The number of benzene rings is 2. The number of halogens is 4. The zero-order valence-electron chi connectivity index (χ0n) is 35.9. The van der Waals surface area contributed by atoms with Gasteiger partial charge in [0.05, 0.1) is 47.5 Å². The average Bonchev–Trinajstić information content (AvgIpc) is 3.86. The minimum Gasteiger partial charge on any atom is -0.453 e. The van der Waals surface area contributed by atoms with Crippen molar-refractivity contribution in [1.82, 2.24) is 30.1 Å². The molecule has 3 N–H and O–H groups in total. The van der Waals surface area contributed by atoms with Crippen LogP contribution in [0.1, 0.15) is 77.1 Å². The summed E-state index contributed by atoms with van der Waals surface area (Å²) in [5.41, 5.74) is 1.16. The molecule has 6 rings (SSSR count). The lowest BCUT2D eigenvalue weighted by molar-refractivity contribution is -0.274. The standard InChI is InChI=1S/C44H52ClF3N8O6/c1-24(2)37(53-42(60)61-8)40(58)56-22-25(3)17-34(56)38-50-21-33(52-38)28-11-9-27(10-12-28)30-18-32(45)31(19-35(30)62-44(46,47)48)39(57)51-29-13-14-36(49-20-29)55-16-15-54(23-26(55)4)41(59)43(5,6)7/h9-14,18-21,24-26,34,37H,15-17,22-23H2,1-8H3,(H,50,52)(H,51,57)(H,53,60). The lowest BCUT2D eigenvalue weighted by Crippen LogP contribution is -2.56. The highest BCUT2D eigenvalue weighted by Crippen LogP contribution is 2.40. The molecule has 0 saturated carbocycles. The molecule has 14 nitrogen and oxygen atoms in total. The summed E-state index contributed by atoms with van der Waals surface area (Å²) in [6.07, 6.45) is -2.08. The largest absolute Gasteiger partial charge is 0.573 e. The number of amides is 4. The number of nitrogens with zero attached hydrogens (tertiary/aromatic N) is 5. The van der Waals surface area contributed by atoms with E-state index >= 15 is 0 Å². The van der Waals surface area contributed by atoms with Gasteiger partial charge in [0, 0.05) is 43.2 Å². The molecule has 0 spiro atoms. The van der Waals surface area contributed by atoms with Gasteiger partial charge in [0.2, 0.25) is 11.8 Å².